The Kier molecular flexibility index (Phi) is 5.09. The maximum atomic E-state index is 4.50. The van der Waals surface area contributed by atoms with Gasteiger partial charge in [0.15, 0.2) is 0 Å². The molecule has 30 valence electrons. The predicted molar refractivity (Wildman–Crippen MR) is 32.1 cm³/mol. The van der Waals surface area contributed by atoms with Gasteiger partial charge in [-0.1, -0.05) is 28.1 Å². The predicted octanol–water partition coefficient (Wildman–Crippen LogP) is 1.77. The summed E-state index contributed by atoms with van der Waals surface area (Å²) in [7, 11) is 0. The van der Waals surface area contributed by atoms with Crippen LogP contribution in [0.1, 0.15) is 6.42 Å². The van der Waals surface area contributed by atoms with Crippen LogP contribution >= 0.6 is 28.1 Å². The van der Waals surface area contributed by atoms with Crippen molar-refractivity contribution in [3.63, 3.8) is 0 Å². The molecule has 0 aromatic heterocycles. The molecule has 0 N–H and O–H groups in total. The first-order valence-corrected chi connectivity index (χ1v) is 3.00. The number of hydrogen-bond acceptors (Lipinski definition) is 1. The van der Waals surface area contributed by atoms with Crippen LogP contribution in [0.15, 0.2) is 0 Å². The van der Waals surface area contributed by atoms with Gasteiger partial charge in [-0.3, -0.25) is 0 Å². The van der Waals surface area contributed by atoms with Crippen LogP contribution in [0.25, 0.3) is 0 Å². The molecule has 0 bridgehead atoms. The van der Waals surface area contributed by atoms with Crippen LogP contribution in [0.3, 0.4) is 0 Å². The standard InChI is InChI=1S/C3H5BrS/c4-2-1-3-5/h3H,1-2H2. The molecular formula is C3H5BrS. The van der Waals surface area contributed by atoms with Crippen molar-refractivity contribution >= 4 is 33.5 Å². The lowest BCUT2D eigenvalue weighted by molar-refractivity contribution is 1.40. The van der Waals surface area contributed by atoms with Crippen LogP contribution in [-0.4, -0.2) is 10.7 Å². The summed E-state index contributed by atoms with van der Waals surface area (Å²) < 4.78 is 0. The van der Waals surface area contributed by atoms with Crippen LogP contribution in [0.4, 0.5) is 0 Å². The summed E-state index contributed by atoms with van der Waals surface area (Å²) in [5.74, 6) is 0. The third kappa shape index (κ3) is 4.57. The zero-order valence-corrected chi connectivity index (χ0v) is 5.18. The fourth-order valence-corrected chi connectivity index (χ4v) is 0.694. The van der Waals surface area contributed by atoms with Crippen molar-refractivity contribution in [3.05, 3.63) is 0 Å². The Morgan fingerprint density at radius 3 is 2.40 bits per heavy atom. The van der Waals surface area contributed by atoms with E-state index in [9.17, 15) is 0 Å². The molecule has 0 heterocycles. The lowest BCUT2D eigenvalue weighted by Gasteiger charge is -1.69. The summed E-state index contributed by atoms with van der Waals surface area (Å²) in [4.78, 5) is 0. The molecule has 0 amide bonds. The summed E-state index contributed by atoms with van der Waals surface area (Å²) in [5.41, 5.74) is 0. The molecule has 0 spiro atoms. The van der Waals surface area contributed by atoms with Gasteiger partial charge in [-0.2, -0.15) is 0 Å². The topological polar surface area (TPSA) is 0 Å². The van der Waals surface area contributed by atoms with Crippen LogP contribution < -0.4 is 0 Å². The molecule has 0 atom stereocenters. The lowest BCUT2D eigenvalue weighted by atomic mass is 10.6. The number of hydrogen-bond donors (Lipinski definition) is 0. The molecular weight excluding hydrogens is 148 g/mol. The van der Waals surface area contributed by atoms with E-state index in [4.69, 9.17) is 0 Å². The van der Waals surface area contributed by atoms with E-state index in [2.05, 4.69) is 28.1 Å². The molecule has 0 aromatic carbocycles. The van der Waals surface area contributed by atoms with E-state index in [0.29, 0.717) is 0 Å². The second-order valence-corrected chi connectivity index (χ2v) is 1.77. The molecule has 0 aliphatic heterocycles. The fourth-order valence-electron chi connectivity index (χ4n) is 0.0445. The molecule has 0 radical (unpaired) electrons. The molecule has 0 aliphatic rings. The molecule has 5 heavy (non-hydrogen) atoms. The molecule has 0 nitrogen and oxygen atoms in total. The maximum Gasteiger partial charge on any atom is 0.00740 e. The monoisotopic (exact) mass is 152 g/mol. The van der Waals surface area contributed by atoms with Crippen molar-refractivity contribution in [2.45, 2.75) is 6.42 Å². The van der Waals surface area contributed by atoms with Crippen molar-refractivity contribution in [2.75, 3.05) is 5.33 Å². The Balaban J connectivity index is 2.40. The van der Waals surface area contributed by atoms with Crippen molar-refractivity contribution in [2.24, 2.45) is 0 Å². The van der Waals surface area contributed by atoms with Crippen LogP contribution in [0.5, 0.6) is 0 Å². The molecule has 0 aromatic rings. The first-order chi connectivity index (χ1) is 2.41. The highest BCUT2D eigenvalue weighted by Gasteiger charge is 1.65. The Hall–Kier alpha value is 0.570. The molecule has 0 rings (SSSR count). The van der Waals surface area contributed by atoms with Gasteiger partial charge in [0.25, 0.3) is 0 Å². The van der Waals surface area contributed by atoms with Gasteiger partial charge in [0, 0.05) is 5.33 Å². The minimum atomic E-state index is 0.995. The van der Waals surface area contributed by atoms with E-state index >= 15 is 0 Å². The van der Waals surface area contributed by atoms with Crippen LogP contribution in [-0.2, 0) is 0 Å². The highest BCUT2D eigenvalue weighted by atomic mass is 79.9. The Morgan fingerprint density at radius 2 is 2.40 bits per heavy atom. The summed E-state index contributed by atoms with van der Waals surface area (Å²) in [6.45, 7) is 0. The van der Waals surface area contributed by atoms with E-state index in [1.807, 2.05) is 0 Å². The number of halogens is 1. The second-order valence-electron chi connectivity index (χ2n) is 0.644. The zero-order valence-electron chi connectivity index (χ0n) is 2.78. The molecule has 0 fully saturated rings. The third-order valence-corrected chi connectivity index (χ3v) is 0.921. The van der Waals surface area contributed by atoms with Gasteiger partial charge < -0.3 is 0 Å². The average molecular weight is 153 g/mol. The van der Waals surface area contributed by atoms with Gasteiger partial charge in [0.05, 0.1) is 0 Å². The number of thiocarbonyl (C=S) groups is 1. The van der Waals surface area contributed by atoms with Gasteiger partial charge >= 0.3 is 0 Å². The maximum absolute atomic E-state index is 4.50. The Bertz CT molecular complexity index is 28.1. The highest BCUT2D eigenvalue weighted by Crippen LogP contribution is 1.80. The summed E-state index contributed by atoms with van der Waals surface area (Å²) >= 11 is 7.71. The van der Waals surface area contributed by atoms with E-state index in [1.54, 1.807) is 5.37 Å². The van der Waals surface area contributed by atoms with E-state index in [-0.39, 0.29) is 0 Å². The van der Waals surface area contributed by atoms with Crippen molar-refractivity contribution in [1.82, 2.24) is 0 Å². The number of alkyl halides is 1. The molecule has 0 unspecified atom stereocenters. The minimum absolute atomic E-state index is 0.995. The largest absolute Gasteiger partial charge is 0.0935 e. The van der Waals surface area contributed by atoms with E-state index in [1.165, 1.54) is 0 Å². The fraction of sp³-hybridized carbons (Fsp3) is 0.667. The minimum Gasteiger partial charge on any atom is -0.0935 e. The van der Waals surface area contributed by atoms with Gasteiger partial charge in [0.1, 0.15) is 0 Å². The number of rotatable bonds is 2. The van der Waals surface area contributed by atoms with Crippen LogP contribution in [0, 0.1) is 0 Å². The molecule has 0 saturated heterocycles. The third-order valence-electron chi connectivity index (χ3n) is 0.227. The van der Waals surface area contributed by atoms with Gasteiger partial charge in [-0.05, 0) is 11.8 Å². The summed E-state index contributed by atoms with van der Waals surface area (Å²) in [5, 5.41) is 2.71. The van der Waals surface area contributed by atoms with Gasteiger partial charge in [0.2, 0.25) is 0 Å². The molecule has 0 saturated carbocycles. The van der Waals surface area contributed by atoms with Crippen molar-refractivity contribution < 1.29 is 0 Å². The average Bonchev–Trinajstić information content (AvgIpc) is 1.41. The van der Waals surface area contributed by atoms with Crippen molar-refractivity contribution in [3.8, 4) is 0 Å². The summed E-state index contributed by atoms with van der Waals surface area (Å²) in [6, 6.07) is 0. The molecule has 2 heteroatoms. The smallest absolute Gasteiger partial charge is 0.00740 e. The van der Waals surface area contributed by atoms with Gasteiger partial charge in [-0.15, -0.1) is 0 Å². The van der Waals surface area contributed by atoms with Gasteiger partial charge in [-0.25, -0.2) is 0 Å². The quantitative estimate of drug-likeness (QED) is 0.430. The first-order valence-electron chi connectivity index (χ1n) is 1.41. The highest BCUT2D eigenvalue weighted by molar-refractivity contribution is 9.09. The summed E-state index contributed by atoms with van der Waals surface area (Å²) in [6.07, 6.45) is 0.995. The Labute approximate surface area is 45.7 Å². The van der Waals surface area contributed by atoms with Crippen molar-refractivity contribution in [1.29, 1.82) is 0 Å². The normalized spacial score (nSPS) is 7.40. The SMILES string of the molecule is S=CCCBr. The lowest BCUT2D eigenvalue weighted by Crippen LogP contribution is -1.66. The van der Waals surface area contributed by atoms with E-state index in [0.717, 1.165) is 11.8 Å². The zero-order chi connectivity index (χ0) is 4.12. The van der Waals surface area contributed by atoms with E-state index < -0.39 is 0 Å². The second kappa shape index (κ2) is 4.57. The first kappa shape index (κ1) is 5.57. The molecule has 0 aliphatic carbocycles. The Morgan fingerprint density at radius 1 is 1.80 bits per heavy atom. The van der Waals surface area contributed by atoms with Crippen LogP contribution in [0.2, 0.25) is 0 Å².